The Hall–Kier alpha value is -1.26. The molecule has 0 saturated carbocycles. The van der Waals surface area contributed by atoms with Gasteiger partial charge in [-0.05, 0) is 44.3 Å². The molecular weight excluding hydrogens is 353 g/mol. The van der Waals surface area contributed by atoms with Crippen molar-refractivity contribution < 1.29 is 0 Å². The molecule has 0 unspecified atom stereocenters. The molecule has 0 spiro atoms. The Morgan fingerprint density at radius 3 is 1.72 bits per heavy atom. The van der Waals surface area contributed by atoms with Crippen LogP contribution in [0.15, 0.2) is 60.7 Å². The first kappa shape index (κ1) is 21.8. The van der Waals surface area contributed by atoms with Gasteiger partial charge in [0.05, 0.1) is 0 Å². The molecule has 1 heterocycles. The molecule has 0 radical (unpaired) electrons. The molecule has 138 valence electrons. The molecule has 0 aromatic heterocycles. The van der Waals surface area contributed by atoms with Gasteiger partial charge in [-0.15, -0.1) is 24.8 Å². The Bertz CT molecular complexity index is 533. The van der Waals surface area contributed by atoms with E-state index in [2.05, 4.69) is 82.4 Å². The maximum atomic E-state index is 2.59. The van der Waals surface area contributed by atoms with Crippen LogP contribution in [0.3, 0.4) is 0 Å². The molecule has 0 aliphatic carbocycles. The summed E-state index contributed by atoms with van der Waals surface area (Å²) in [4.78, 5) is 7.43. The lowest BCUT2D eigenvalue weighted by molar-refractivity contribution is 0.153. The van der Waals surface area contributed by atoms with Crippen LogP contribution in [-0.2, 0) is 0 Å². The van der Waals surface area contributed by atoms with Crippen molar-refractivity contribution in [3.63, 3.8) is 0 Å². The van der Waals surface area contributed by atoms with E-state index in [9.17, 15) is 0 Å². The highest BCUT2D eigenvalue weighted by atomic mass is 35.5. The normalized spacial score (nSPS) is 15.1. The fourth-order valence-electron chi connectivity index (χ4n) is 3.15. The van der Waals surface area contributed by atoms with Gasteiger partial charge in [0.1, 0.15) is 0 Å². The first-order valence-electron chi connectivity index (χ1n) is 8.61. The number of hydrogen-bond acceptors (Lipinski definition) is 3. The summed E-state index contributed by atoms with van der Waals surface area (Å²) in [5.74, 6) is 0. The molecule has 1 fully saturated rings. The largest absolute Gasteiger partial charge is 0.341 e. The number of para-hydroxylation sites is 2. The first-order chi connectivity index (χ1) is 11.3. The van der Waals surface area contributed by atoms with Crippen molar-refractivity contribution in [3.8, 4) is 0 Å². The molecule has 2 aromatic rings. The van der Waals surface area contributed by atoms with Crippen molar-refractivity contribution in [1.29, 1.82) is 0 Å². The van der Waals surface area contributed by atoms with Gasteiger partial charge in [-0.25, -0.2) is 0 Å². The second-order valence-corrected chi connectivity index (χ2v) is 6.32. The summed E-state index contributed by atoms with van der Waals surface area (Å²) in [7, 11) is 2.21. The van der Waals surface area contributed by atoms with Crippen LogP contribution in [0.1, 0.15) is 6.42 Å². The lowest BCUT2D eigenvalue weighted by Crippen LogP contribution is -2.45. The number of benzene rings is 2. The molecule has 0 amide bonds. The van der Waals surface area contributed by atoms with Crippen LogP contribution >= 0.6 is 24.8 Å². The molecule has 0 atom stereocenters. The van der Waals surface area contributed by atoms with Crippen molar-refractivity contribution in [2.24, 2.45) is 0 Å². The molecule has 1 saturated heterocycles. The molecule has 5 heteroatoms. The van der Waals surface area contributed by atoms with Gasteiger partial charge in [0.2, 0.25) is 0 Å². The van der Waals surface area contributed by atoms with Crippen LogP contribution in [0.2, 0.25) is 0 Å². The van der Waals surface area contributed by atoms with E-state index in [4.69, 9.17) is 0 Å². The number of rotatable bonds is 6. The Kier molecular flexibility index (Phi) is 9.91. The summed E-state index contributed by atoms with van der Waals surface area (Å²) in [6, 6.07) is 21.4. The van der Waals surface area contributed by atoms with E-state index in [1.54, 1.807) is 0 Å². The van der Waals surface area contributed by atoms with E-state index in [0.717, 1.165) is 6.54 Å². The van der Waals surface area contributed by atoms with Crippen LogP contribution in [0, 0.1) is 0 Å². The third-order valence-electron chi connectivity index (χ3n) is 4.59. The van der Waals surface area contributed by atoms with Crippen LogP contribution in [-0.4, -0.2) is 56.1 Å². The number of halogens is 2. The minimum Gasteiger partial charge on any atom is -0.341 e. The first-order valence-corrected chi connectivity index (χ1v) is 8.61. The Morgan fingerprint density at radius 1 is 0.760 bits per heavy atom. The summed E-state index contributed by atoms with van der Waals surface area (Å²) in [6.07, 6.45) is 1.19. The van der Waals surface area contributed by atoms with Crippen molar-refractivity contribution in [1.82, 2.24) is 9.80 Å². The van der Waals surface area contributed by atoms with E-state index >= 15 is 0 Å². The molecule has 25 heavy (non-hydrogen) atoms. The lowest BCUT2D eigenvalue weighted by Gasteiger charge is -2.33. The summed E-state index contributed by atoms with van der Waals surface area (Å²) >= 11 is 0. The number of piperazine rings is 1. The third kappa shape index (κ3) is 6.52. The number of hydrogen-bond donors (Lipinski definition) is 0. The topological polar surface area (TPSA) is 9.72 Å². The van der Waals surface area contributed by atoms with E-state index in [0.29, 0.717) is 0 Å². The molecule has 0 N–H and O–H groups in total. The highest BCUT2D eigenvalue weighted by Gasteiger charge is 2.14. The molecular formula is C20H29Cl2N3. The molecule has 3 rings (SSSR count). The van der Waals surface area contributed by atoms with Crippen LogP contribution in [0.5, 0.6) is 0 Å². The predicted molar refractivity (Wildman–Crippen MR) is 113 cm³/mol. The molecule has 1 aliphatic heterocycles. The Balaban J connectivity index is 0.00000156. The third-order valence-corrected chi connectivity index (χ3v) is 4.59. The number of likely N-dealkylation sites (N-methyl/N-ethyl adjacent to an activating group) is 1. The Morgan fingerprint density at radius 2 is 1.24 bits per heavy atom. The molecule has 0 bridgehead atoms. The quantitative estimate of drug-likeness (QED) is 0.737. The second-order valence-electron chi connectivity index (χ2n) is 6.32. The maximum absolute atomic E-state index is 2.59. The Labute approximate surface area is 164 Å². The van der Waals surface area contributed by atoms with Crippen molar-refractivity contribution >= 4 is 36.2 Å². The maximum Gasteiger partial charge on any atom is 0.0410 e. The van der Waals surface area contributed by atoms with Crippen molar-refractivity contribution in [3.05, 3.63) is 60.7 Å². The zero-order valence-corrected chi connectivity index (χ0v) is 16.5. The monoisotopic (exact) mass is 381 g/mol. The highest BCUT2D eigenvalue weighted by molar-refractivity contribution is 5.85. The van der Waals surface area contributed by atoms with Crippen LogP contribution < -0.4 is 4.90 Å². The summed E-state index contributed by atoms with van der Waals surface area (Å²) in [5.41, 5.74) is 2.55. The van der Waals surface area contributed by atoms with E-state index in [1.807, 2.05) is 0 Å². The lowest BCUT2D eigenvalue weighted by atomic mass is 10.2. The summed E-state index contributed by atoms with van der Waals surface area (Å²) < 4.78 is 0. The molecule has 2 aromatic carbocycles. The minimum atomic E-state index is 0. The summed E-state index contributed by atoms with van der Waals surface area (Å²) in [5, 5.41) is 0. The minimum absolute atomic E-state index is 0. The second kappa shape index (κ2) is 11.4. The zero-order chi connectivity index (χ0) is 15.9. The SMILES string of the molecule is CN1CCN(CCCN(c2ccccc2)c2ccccc2)CC1.Cl.Cl. The predicted octanol–water partition coefficient (Wildman–Crippen LogP) is 4.31. The van der Waals surface area contributed by atoms with Gasteiger partial charge in [0.15, 0.2) is 0 Å². The van der Waals surface area contributed by atoms with Gasteiger partial charge in [-0.2, -0.15) is 0 Å². The standard InChI is InChI=1S/C20H27N3.2ClH/c1-21-15-17-22(18-16-21)13-8-14-23(19-9-4-2-5-10-19)20-11-6-3-7-12-20;;/h2-7,9-12H,8,13-18H2,1H3;2*1H. The van der Waals surface area contributed by atoms with Gasteiger partial charge in [0, 0.05) is 44.1 Å². The van der Waals surface area contributed by atoms with Gasteiger partial charge in [-0.3, -0.25) is 0 Å². The van der Waals surface area contributed by atoms with Crippen molar-refractivity contribution in [2.75, 3.05) is 51.2 Å². The van der Waals surface area contributed by atoms with Gasteiger partial charge < -0.3 is 14.7 Å². The van der Waals surface area contributed by atoms with Gasteiger partial charge in [0.25, 0.3) is 0 Å². The molecule has 3 nitrogen and oxygen atoms in total. The fraction of sp³-hybridized carbons (Fsp3) is 0.400. The fourth-order valence-corrected chi connectivity index (χ4v) is 3.15. The smallest absolute Gasteiger partial charge is 0.0410 e. The number of nitrogens with zero attached hydrogens (tertiary/aromatic N) is 3. The summed E-state index contributed by atoms with van der Waals surface area (Å²) in [6.45, 7) is 7.03. The van der Waals surface area contributed by atoms with Gasteiger partial charge >= 0.3 is 0 Å². The van der Waals surface area contributed by atoms with E-state index in [1.165, 1.54) is 50.5 Å². The van der Waals surface area contributed by atoms with Gasteiger partial charge in [-0.1, -0.05) is 36.4 Å². The van der Waals surface area contributed by atoms with E-state index < -0.39 is 0 Å². The van der Waals surface area contributed by atoms with E-state index in [-0.39, 0.29) is 24.8 Å². The van der Waals surface area contributed by atoms with Crippen molar-refractivity contribution in [2.45, 2.75) is 6.42 Å². The van der Waals surface area contributed by atoms with Crippen LogP contribution in [0.25, 0.3) is 0 Å². The average molecular weight is 382 g/mol. The number of anilines is 2. The molecule has 1 aliphatic rings. The van der Waals surface area contributed by atoms with Crippen LogP contribution in [0.4, 0.5) is 11.4 Å². The average Bonchev–Trinajstić information content (AvgIpc) is 2.62. The highest BCUT2D eigenvalue weighted by Crippen LogP contribution is 2.24. The zero-order valence-electron chi connectivity index (χ0n) is 14.9.